The van der Waals surface area contributed by atoms with Crippen LogP contribution in [0.25, 0.3) is 0 Å². The fourth-order valence-corrected chi connectivity index (χ4v) is 3.10. The first kappa shape index (κ1) is 15.9. The highest BCUT2D eigenvalue weighted by Gasteiger charge is 2.25. The minimum Gasteiger partial charge on any atom is -0.317 e. The number of hydrogen-bond donors (Lipinski definition) is 1. The first-order chi connectivity index (χ1) is 8.67. The van der Waals surface area contributed by atoms with E-state index in [4.69, 9.17) is 0 Å². The first-order valence-electron chi connectivity index (χ1n) is 7.71. The summed E-state index contributed by atoms with van der Waals surface area (Å²) in [5, 5.41) is 3.49. The lowest BCUT2D eigenvalue weighted by molar-refractivity contribution is 0.220. The summed E-state index contributed by atoms with van der Waals surface area (Å²) in [5.41, 5.74) is 0. The van der Waals surface area contributed by atoms with Crippen LogP contribution in [0.4, 0.5) is 0 Å². The van der Waals surface area contributed by atoms with Gasteiger partial charge in [-0.3, -0.25) is 0 Å². The average molecular weight is 255 g/mol. The van der Waals surface area contributed by atoms with E-state index in [0.29, 0.717) is 0 Å². The van der Waals surface area contributed by atoms with Crippen LogP contribution in [0.3, 0.4) is 0 Å². The largest absolute Gasteiger partial charge is 0.317 e. The van der Waals surface area contributed by atoms with E-state index in [1.165, 1.54) is 58.3 Å². The molecule has 1 rings (SSSR count). The van der Waals surface area contributed by atoms with E-state index in [9.17, 15) is 0 Å². The van der Waals surface area contributed by atoms with Crippen molar-refractivity contribution in [2.24, 2.45) is 5.92 Å². The molecule has 0 amide bonds. The molecule has 0 aromatic heterocycles. The lowest BCUT2D eigenvalue weighted by Gasteiger charge is -2.26. The average Bonchev–Trinajstić information content (AvgIpc) is 2.80. The van der Waals surface area contributed by atoms with Crippen molar-refractivity contribution < 1.29 is 0 Å². The Morgan fingerprint density at radius 1 is 1.06 bits per heavy atom. The quantitative estimate of drug-likeness (QED) is 0.680. The molecule has 3 nitrogen and oxygen atoms in total. The normalized spacial score (nSPS) is 24.3. The van der Waals surface area contributed by atoms with Crippen molar-refractivity contribution in [3.63, 3.8) is 0 Å². The third kappa shape index (κ3) is 5.68. The molecule has 1 N–H and O–H groups in total. The minimum atomic E-state index is 0.780. The van der Waals surface area contributed by atoms with Gasteiger partial charge in [-0.05, 0) is 65.8 Å². The topological polar surface area (TPSA) is 18.5 Å². The molecule has 0 bridgehead atoms. The van der Waals surface area contributed by atoms with Gasteiger partial charge in [0.1, 0.15) is 0 Å². The Labute approximate surface area is 114 Å². The van der Waals surface area contributed by atoms with Gasteiger partial charge in [0.15, 0.2) is 0 Å². The number of hydrogen-bond acceptors (Lipinski definition) is 3. The molecule has 2 unspecified atom stereocenters. The second-order valence-electron chi connectivity index (χ2n) is 6.02. The van der Waals surface area contributed by atoms with Crippen molar-refractivity contribution in [3.8, 4) is 0 Å². The minimum absolute atomic E-state index is 0.780. The van der Waals surface area contributed by atoms with Gasteiger partial charge >= 0.3 is 0 Å². The van der Waals surface area contributed by atoms with E-state index < -0.39 is 0 Å². The summed E-state index contributed by atoms with van der Waals surface area (Å²) in [7, 11) is 6.45. The van der Waals surface area contributed by atoms with Crippen LogP contribution in [-0.2, 0) is 0 Å². The Kier molecular flexibility index (Phi) is 7.87. The molecule has 0 radical (unpaired) electrons. The van der Waals surface area contributed by atoms with Gasteiger partial charge in [-0.25, -0.2) is 0 Å². The molecule has 2 atom stereocenters. The van der Waals surface area contributed by atoms with Crippen LogP contribution in [0.15, 0.2) is 0 Å². The van der Waals surface area contributed by atoms with Gasteiger partial charge in [-0.1, -0.05) is 13.3 Å². The van der Waals surface area contributed by atoms with Crippen molar-refractivity contribution in [3.05, 3.63) is 0 Å². The summed E-state index contributed by atoms with van der Waals surface area (Å²) in [6.07, 6.45) is 6.87. The maximum atomic E-state index is 3.49. The molecule has 108 valence electrons. The van der Waals surface area contributed by atoms with Crippen molar-refractivity contribution >= 4 is 0 Å². The fourth-order valence-electron chi connectivity index (χ4n) is 3.10. The van der Waals surface area contributed by atoms with E-state index in [2.05, 4.69) is 43.2 Å². The second-order valence-corrected chi connectivity index (χ2v) is 6.02. The smallest absolute Gasteiger partial charge is 0.0109 e. The zero-order valence-corrected chi connectivity index (χ0v) is 12.9. The number of likely N-dealkylation sites (N-methyl/N-ethyl adjacent to an activating group) is 1. The lowest BCUT2D eigenvalue weighted by atomic mass is 9.99. The molecule has 1 fully saturated rings. The first-order valence-corrected chi connectivity index (χ1v) is 7.71. The van der Waals surface area contributed by atoms with Crippen LogP contribution in [0.1, 0.15) is 39.0 Å². The highest BCUT2D eigenvalue weighted by Crippen LogP contribution is 2.28. The molecular weight excluding hydrogens is 222 g/mol. The van der Waals surface area contributed by atoms with E-state index in [-0.39, 0.29) is 0 Å². The van der Waals surface area contributed by atoms with Crippen LogP contribution in [-0.4, -0.2) is 63.2 Å². The molecule has 3 heteroatoms. The van der Waals surface area contributed by atoms with Crippen molar-refractivity contribution in [1.29, 1.82) is 0 Å². The molecular formula is C15H33N3. The van der Waals surface area contributed by atoms with Gasteiger partial charge in [0, 0.05) is 19.1 Å². The number of nitrogens with one attached hydrogen (secondary N) is 1. The molecule has 0 heterocycles. The molecule has 1 saturated carbocycles. The van der Waals surface area contributed by atoms with Crippen molar-refractivity contribution in [2.75, 3.05) is 47.3 Å². The summed E-state index contributed by atoms with van der Waals surface area (Å²) < 4.78 is 0. The van der Waals surface area contributed by atoms with Gasteiger partial charge in [-0.15, -0.1) is 0 Å². The van der Waals surface area contributed by atoms with E-state index in [1.807, 2.05) is 0 Å². The molecule has 1 aliphatic carbocycles. The van der Waals surface area contributed by atoms with Crippen LogP contribution < -0.4 is 5.32 Å². The summed E-state index contributed by atoms with van der Waals surface area (Å²) in [5.74, 6) is 0.911. The molecule has 1 aliphatic rings. The molecule has 0 aromatic rings. The van der Waals surface area contributed by atoms with Gasteiger partial charge in [0.05, 0.1) is 0 Å². The van der Waals surface area contributed by atoms with Crippen molar-refractivity contribution in [1.82, 2.24) is 15.1 Å². The highest BCUT2D eigenvalue weighted by molar-refractivity contribution is 4.82. The maximum Gasteiger partial charge on any atom is 0.0109 e. The summed E-state index contributed by atoms with van der Waals surface area (Å²) in [6.45, 7) is 7.22. The maximum absolute atomic E-state index is 3.49. The van der Waals surface area contributed by atoms with E-state index in [1.54, 1.807) is 0 Å². The third-order valence-electron chi connectivity index (χ3n) is 4.25. The van der Waals surface area contributed by atoms with Crippen LogP contribution in [0.2, 0.25) is 0 Å². The Bertz CT molecular complexity index is 206. The van der Waals surface area contributed by atoms with Crippen LogP contribution >= 0.6 is 0 Å². The molecule has 0 spiro atoms. The Balaban J connectivity index is 2.27. The van der Waals surface area contributed by atoms with Crippen molar-refractivity contribution in [2.45, 2.75) is 45.1 Å². The van der Waals surface area contributed by atoms with Crippen LogP contribution in [0, 0.1) is 5.92 Å². The summed E-state index contributed by atoms with van der Waals surface area (Å²) in [6, 6.07) is 0.780. The summed E-state index contributed by atoms with van der Waals surface area (Å²) >= 11 is 0. The molecule has 18 heavy (non-hydrogen) atoms. The fraction of sp³-hybridized carbons (Fsp3) is 1.00. The second kappa shape index (κ2) is 8.89. The van der Waals surface area contributed by atoms with Gasteiger partial charge in [-0.2, -0.15) is 0 Å². The standard InChI is InChI=1S/C15H33N3/c1-5-10-18(13-12-17(3)4)11-9-14-7-6-8-15(14)16-2/h14-16H,5-13H2,1-4H3. The summed E-state index contributed by atoms with van der Waals surface area (Å²) in [4.78, 5) is 4.93. The molecule has 0 aliphatic heterocycles. The SMILES string of the molecule is CCCN(CCC1CCCC1NC)CCN(C)C. The number of rotatable bonds is 9. The molecule has 0 saturated heterocycles. The zero-order valence-electron chi connectivity index (χ0n) is 12.9. The monoisotopic (exact) mass is 255 g/mol. The van der Waals surface area contributed by atoms with Gasteiger partial charge in [0.25, 0.3) is 0 Å². The van der Waals surface area contributed by atoms with Gasteiger partial charge < -0.3 is 15.1 Å². The molecule has 0 aromatic carbocycles. The Morgan fingerprint density at radius 3 is 2.44 bits per heavy atom. The number of nitrogens with zero attached hydrogens (tertiary/aromatic N) is 2. The highest BCUT2D eigenvalue weighted by atomic mass is 15.2. The predicted molar refractivity (Wildman–Crippen MR) is 80.1 cm³/mol. The van der Waals surface area contributed by atoms with Crippen LogP contribution in [0.5, 0.6) is 0 Å². The Hall–Kier alpha value is -0.120. The van der Waals surface area contributed by atoms with E-state index in [0.717, 1.165) is 12.0 Å². The third-order valence-corrected chi connectivity index (χ3v) is 4.25. The lowest BCUT2D eigenvalue weighted by Crippen LogP contribution is -2.36. The Morgan fingerprint density at radius 2 is 1.83 bits per heavy atom. The van der Waals surface area contributed by atoms with E-state index >= 15 is 0 Å². The zero-order chi connectivity index (χ0) is 13.4. The van der Waals surface area contributed by atoms with Gasteiger partial charge in [0.2, 0.25) is 0 Å². The predicted octanol–water partition coefficient (Wildman–Crippen LogP) is 2.04.